The van der Waals surface area contributed by atoms with Crippen LogP contribution in [0.4, 0.5) is 8.78 Å². The molecule has 1 aromatic heterocycles. The van der Waals surface area contributed by atoms with Gasteiger partial charge in [0.15, 0.2) is 0 Å². The van der Waals surface area contributed by atoms with E-state index in [0.29, 0.717) is 11.4 Å². The molecule has 0 aliphatic heterocycles. The number of carbonyl (C=O) groups is 1. The first kappa shape index (κ1) is 12.2. The number of imidazole rings is 1. The Kier molecular flexibility index (Phi) is 3.36. The van der Waals surface area contributed by atoms with Gasteiger partial charge in [-0.2, -0.15) is 0 Å². The lowest BCUT2D eigenvalue weighted by molar-refractivity contribution is 0.0594. The number of carbonyl (C=O) groups excluding carboxylic acids is 1. The van der Waals surface area contributed by atoms with Gasteiger partial charge in [0.25, 0.3) is 0 Å². The third-order valence-electron chi connectivity index (χ3n) is 2.33. The quantitative estimate of drug-likeness (QED) is 0.851. The lowest BCUT2D eigenvalue weighted by Gasteiger charge is -1.99. The number of H-pyrrole nitrogens is 1. The van der Waals surface area contributed by atoms with Crippen molar-refractivity contribution < 1.29 is 18.3 Å². The molecule has 0 bridgehead atoms. The van der Waals surface area contributed by atoms with Crippen LogP contribution in [0, 0.1) is 11.6 Å². The van der Waals surface area contributed by atoms with Crippen molar-refractivity contribution in [1.82, 2.24) is 9.97 Å². The fourth-order valence-electron chi connectivity index (χ4n) is 1.57. The highest BCUT2D eigenvalue weighted by molar-refractivity contribution is 5.86. The summed E-state index contributed by atoms with van der Waals surface area (Å²) in [6.45, 7) is 0. The fraction of sp³-hybridized carbons (Fsp3) is 0.167. The minimum atomic E-state index is -0.648. The second-order valence-corrected chi connectivity index (χ2v) is 3.69. The highest BCUT2D eigenvalue weighted by atomic mass is 19.1. The summed E-state index contributed by atoms with van der Waals surface area (Å²) in [7, 11) is 1.25. The molecule has 0 fully saturated rings. The number of ether oxygens (including phenoxy) is 1. The summed E-state index contributed by atoms with van der Waals surface area (Å²) in [5, 5.41) is 0. The molecule has 0 saturated carbocycles. The van der Waals surface area contributed by atoms with Crippen molar-refractivity contribution in [2.45, 2.75) is 6.42 Å². The number of esters is 1. The lowest BCUT2D eigenvalue weighted by atomic mass is 10.1. The molecule has 4 nitrogen and oxygen atoms in total. The Labute approximate surface area is 102 Å². The minimum absolute atomic E-state index is 0.198. The van der Waals surface area contributed by atoms with Gasteiger partial charge in [-0.1, -0.05) is 0 Å². The van der Waals surface area contributed by atoms with E-state index in [0.717, 1.165) is 6.07 Å². The van der Waals surface area contributed by atoms with E-state index in [-0.39, 0.29) is 12.1 Å². The first-order valence-corrected chi connectivity index (χ1v) is 5.15. The van der Waals surface area contributed by atoms with Gasteiger partial charge >= 0.3 is 5.97 Å². The molecule has 0 amide bonds. The zero-order valence-electron chi connectivity index (χ0n) is 9.54. The van der Waals surface area contributed by atoms with Gasteiger partial charge in [-0.05, 0) is 17.7 Å². The Hall–Kier alpha value is -2.24. The zero-order valence-corrected chi connectivity index (χ0v) is 9.54. The average molecular weight is 252 g/mol. The topological polar surface area (TPSA) is 55.0 Å². The molecule has 0 aliphatic carbocycles. The molecule has 2 aromatic rings. The zero-order chi connectivity index (χ0) is 13.1. The van der Waals surface area contributed by atoms with E-state index in [4.69, 9.17) is 0 Å². The summed E-state index contributed by atoms with van der Waals surface area (Å²) in [6, 6.07) is 3.22. The van der Waals surface area contributed by atoms with E-state index in [2.05, 4.69) is 14.7 Å². The SMILES string of the molecule is COC(=O)c1cnc(Cc2cc(F)cc(F)c2)[nH]1. The Balaban J connectivity index is 2.18. The number of hydrogen-bond donors (Lipinski definition) is 1. The van der Waals surface area contributed by atoms with Crippen molar-refractivity contribution in [3.63, 3.8) is 0 Å². The third-order valence-corrected chi connectivity index (χ3v) is 2.33. The Bertz CT molecular complexity index is 561. The van der Waals surface area contributed by atoms with E-state index < -0.39 is 17.6 Å². The summed E-state index contributed by atoms with van der Waals surface area (Å²) >= 11 is 0. The highest BCUT2D eigenvalue weighted by Crippen LogP contribution is 2.11. The van der Waals surface area contributed by atoms with Gasteiger partial charge in [0.05, 0.1) is 13.3 Å². The van der Waals surface area contributed by atoms with Crippen molar-refractivity contribution in [3.8, 4) is 0 Å². The van der Waals surface area contributed by atoms with Crippen LogP contribution < -0.4 is 0 Å². The largest absolute Gasteiger partial charge is 0.464 e. The predicted octanol–water partition coefficient (Wildman–Crippen LogP) is 2.07. The van der Waals surface area contributed by atoms with E-state index in [9.17, 15) is 13.6 Å². The summed E-state index contributed by atoms with van der Waals surface area (Å²) in [5.41, 5.74) is 0.627. The maximum Gasteiger partial charge on any atom is 0.356 e. The van der Waals surface area contributed by atoms with E-state index in [1.165, 1.54) is 25.4 Å². The van der Waals surface area contributed by atoms with Crippen molar-refractivity contribution >= 4 is 5.97 Å². The lowest BCUT2D eigenvalue weighted by Crippen LogP contribution is -2.01. The number of nitrogens with zero attached hydrogens (tertiary/aromatic N) is 1. The van der Waals surface area contributed by atoms with Crippen LogP contribution in [0.1, 0.15) is 21.9 Å². The van der Waals surface area contributed by atoms with Crippen LogP contribution in [0.15, 0.2) is 24.4 Å². The first-order chi connectivity index (χ1) is 8.58. The molecule has 0 radical (unpaired) electrons. The molecule has 0 unspecified atom stereocenters. The molecule has 1 aromatic carbocycles. The first-order valence-electron chi connectivity index (χ1n) is 5.15. The standard InChI is InChI=1S/C12H10F2N2O2/c1-18-12(17)10-6-15-11(16-10)4-7-2-8(13)5-9(14)3-7/h2-3,5-6H,4H2,1H3,(H,15,16). The molecule has 0 spiro atoms. The molecule has 1 heterocycles. The van der Waals surface area contributed by atoms with Gasteiger partial charge in [0.1, 0.15) is 23.2 Å². The second kappa shape index (κ2) is 4.95. The molecule has 0 aliphatic rings. The van der Waals surface area contributed by atoms with Crippen LogP contribution in [-0.2, 0) is 11.2 Å². The molecular formula is C12H10F2N2O2. The summed E-state index contributed by atoms with van der Waals surface area (Å²) in [5.74, 6) is -1.41. The van der Waals surface area contributed by atoms with Crippen LogP contribution in [0.25, 0.3) is 0 Å². The van der Waals surface area contributed by atoms with Crippen molar-refractivity contribution in [2.24, 2.45) is 0 Å². The molecular weight excluding hydrogens is 242 g/mol. The molecule has 94 valence electrons. The Morgan fingerprint density at radius 1 is 1.33 bits per heavy atom. The second-order valence-electron chi connectivity index (χ2n) is 3.69. The molecule has 18 heavy (non-hydrogen) atoms. The van der Waals surface area contributed by atoms with E-state index in [1.807, 2.05) is 0 Å². The van der Waals surface area contributed by atoms with Gasteiger partial charge in [0.2, 0.25) is 0 Å². The van der Waals surface area contributed by atoms with E-state index >= 15 is 0 Å². The number of rotatable bonds is 3. The third kappa shape index (κ3) is 2.71. The van der Waals surface area contributed by atoms with Crippen molar-refractivity contribution in [3.05, 3.63) is 53.1 Å². The van der Waals surface area contributed by atoms with Crippen molar-refractivity contribution in [1.29, 1.82) is 0 Å². The molecule has 0 atom stereocenters. The molecule has 2 rings (SSSR count). The van der Waals surface area contributed by atoms with Gasteiger partial charge in [-0.3, -0.25) is 0 Å². The molecule has 0 saturated heterocycles. The number of benzene rings is 1. The summed E-state index contributed by atoms with van der Waals surface area (Å²) in [4.78, 5) is 17.8. The van der Waals surface area contributed by atoms with E-state index in [1.54, 1.807) is 0 Å². The smallest absolute Gasteiger partial charge is 0.356 e. The Morgan fingerprint density at radius 3 is 2.61 bits per heavy atom. The maximum atomic E-state index is 13.0. The summed E-state index contributed by atoms with van der Waals surface area (Å²) < 4.78 is 30.5. The fourth-order valence-corrected chi connectivity index (χ4v) is 1.57. The molecule has 1 N–H and O–H groups in total. The summed E-state index contributed by atoms with van der Waals surface area (Å²) in [6.07, 6.45) is 1.52. The number of methoxy groups -OCH3 is 1. The van der Waals surface area contributed by atoms with Crippen LogP contribution in [-0.4, -0.2) is 23.0 Å². The number of aromatic nitrogens is 2. The number of halogens is 2. The predicted molar refractivity (Wildman–Crippen MR) is 59.1 cm³/mol. The molecule has 6 heteroatoms. The van der Waals surface area contributed by atoms with Gasteiger partial charge in [-0.15, -0.1) is 0 Å². The van der Waals surface area contributed by atoms with Gasteiger partial charge in [0, 0.05) is 12.5 Å². The maximum absolute atomic E-state index is 13.0. The number of nitrogens with one attached hydrogen (secondary N) is 1. The van der Waals surface area contributed by atoms with Crippen molar-refractivity contribution in [2.75, 3.05) is 7.11 Å². The van der Waals surface area contributed by atoms with Crippen LogP contribution >= 0.6 is 0 Å². The minimum Gasteiger partial charge on any atom is -0.464 e. The van der Waals surface area contributed by atoms with Gasteiger partial charge in [-0.25, -0.2) is 18.6 Å². The monoisotopic (exact) mass is 252 g/mol. The average Bonchev–Trinajstić information content (AvgIpc) is 2.75. The van der Waals surface area contributed by atoms with Crippen LogP contribution in [0.3, 0.4) is 0 Å². The van der Waals surface area contributed by atoms with Crippen LogP contribution in [0.2, 0.25) is 0 Å². The Morgan fingerprint density at radius 2 is 2.00 bits per heavy atom. The highest BCUT2D eigenvalue weighted by Gasteiger charge is 2.10. The number of aromatic amines is 1. The number of hydrogen-bond acceptors (Lipinski definition) is 3. The van der Waals surface area contributed by atoms with Crippen LogP contribution in [0.5, 0.6) is 0 Å². The normalized spacial score (nSPS) is 10.4. The van der Waals surface area contributed by atoms with Gasteiger partial charge < -0.3 is 9.72 Å².